The highest BCUT2D eigenvalue weighted by Crippen LogP contribution is 2.19. The van der Waals surface area contributed by atoms with E-state index < -0.39 is 11.9 Å². The highest BCUT2D eigenvalue weighted by Gasteiger charge is 2.17. The largest absolute Gasteiger partial charge is 0.465 e. The van der Waals surface area contributed by atoms with Gasteiger partial charge >= 0.3 is 11.9 Å². The lowest BCUT2D eigenvalue weighted by atomic mass is 10.1. The Morgan fingerprint density at radius 3 is 2.48 bits per heavy atom. The van der Waals surface area contributed by atoms with Crippen molar-refractivity contribution in [3.05, 3.63) is 53.6 Å². The minimum atomic E-state index is -0.446. The molecule has 2 rings (SSSR count). The Morgan fingerprint density at radius 1 is 1.26 bits per heavy atom. The zero-order valence-corrected chi connectivity index (χ0v) is 13.3. The summed E-state index contributed by atoms with van der Waals surface area (Å²) in [7, 11) is 3.13. The first-order chi connectivity index (χ1) is 11.1. The SMILES string of the molecule is CCOC(=O)/C(=C/c1ccc(C(=O)OC)cc1)c1nccn1C. The van der Waals surface area contributed by atoms with Gasteiger partial charge in [0, 0.05) is 19.4 Å². The summed E-state index contributed by atoms with van der Waals surface area (Å²) in [5.41, 5.74) is 1.55. The molecule has 0 saturated carbocycles. The van der Waals surface area contributed by atoms with Crippen LogP contribution < -0.4 is 0 Å². The van der Waals surface area contributed by atoms with E-state index >= 15 is 0 Å². The van der Waals surface area contributed by atoms with Gasteiger partial charge in [-0.05, 0) is 30.7 Å². The fourth-order valence-corrected chi connectivity index (χ4v) is 2.05. The zero-order chi connectivity index (χ0) is 16.8. The predicted molar refractivity (Wildman–Crippen MR) is 85.5 cm³/mol. The first kappa shape index (κ1) is 16.5. The standard InChI is InChI=1S/C17H18N2O4/c1-4-23-17(21)14(15-18-9-10-19(15)2)11-12-5-7-13(8-6-12)16(20)22-3/h5-11H,4H2,1-3H3/b14-11+. The highest BCUT2D eigenvalue weighted by molar-refractivity contribution is 6.20. The van der Waals surface area contributed by atoms with Crippen molar-refractivity contribution < 1.29 is 19.1 Å². The number of carbonyl (C=O) groups excluding carboxylic acids is 2. The number of aryl methyl sites for hydroxylation is 1. The van der Waals surface area contributed by atoms with Gasteiger partial charge in [-0.1, -0.05) is 12.1 Å². The van der Waals surface area contributed by atoms with Gasteiger partial charge in [-0.3, -0.25) is 0 Å². The molecule has 0 aliphatic carbocycles. The molecule has 0 aliphatic rings. The van der Waals surface area contributed by atoms with Crippen molar-refractivity contribution in [1.29, 1.82) is 0 Å². The lowest BCUT2D eigenvalue weighted by Crippen LogP contribution is -2.10. The molecule has 120 valence electrons. The van der Waals surface area contributed by atoms with Gasteiger partial charge in [-0.25, -0.2) is 14.6 Å². The molecule has 1 heterocycles. The molecule has 6 heteroatoms. The number of hydrogen-bond donors (Lipinski definition) is 0. The molecule has 0 bridgehead atoms. The molecule has 0 amide bonds. The van der Waals surface area contributed by atoms with Gasteiger partial charge in [0.2, 0.25) is 0 Å². The van der Waals surface area contributed by atoms with Crippen LogP contribution in [0.4, 0.5) is 0 Å². The Hall–Kier alpha value is -2.89. The highest BCUT2D eigenvalue weighted by atomic mass is 16.5. The lowest BCUT2D eigenvalue weighted by Gasteiger charge is -2.07. The molecule has 1 aromatic heterocycles. The smallest absolute Gasteiger partial charge is 0.341 e. The van der Waals surface area contributed by atoms with Crippen molar-refractivity contribution in [3.8, 4) is 0 Å². The predicted octanol–water partition coefficient (Wildman–Crippen LogP) is 2.31. The average Bonchev–Trinajstić information content (AvgIpc) is 2.98. The molecule has 0 fully saturated rings. The Bertz CT molecular complexity index is 729. The van der Waals surface area contributed by atoms with E-state index in [4.69, 9.17) is 4.74 Å². The fourth-order valence-electron chi connectivity index (χ4n) is 2.05. The first-order valence-electron chi connectivity index (χ1n) is 7.11. The molecule has 2 aromatic rings. The second-order valence-electron chi connectivity index (χ2n) is 4.75. The molecular formula is C17H18N2O4. The van der Waals surface area contributed by atoms with E-state index in [1.54, 1.807) is 61.3 Å². The van der Waals surface area contributed by atoms with Crippen LogP contribution in [-0.2, 0) is 21.3 Å². The van der Waals surface area contributed by atoms with E-state index in [-0.39, 0.29) is 6.61 Å². The van der Waals surface area contributed by atoms with Crippen LogP contribution in [0.15, 0.2) is 36.7 Å². The third-order valence-corrected chi connectivity index (χ3v) is 3.20. The lowest BCUT2D eigenvalue weighted by molar-refractivity contribution is -0.136. The van der Waals surface area contributed by atoms with Gasteiger partial charge in [0.25, 0.3) is 0 Å². The Kier molecular flexibility index (Phi) is 5.30. The van der Waals surface area contributed by atoms with Crippen LogP contribution in [0.2, 0.25) is 0 Å². The van der Waals surface area contributed by atoms with E-state index in [1.807, 2.05) is 0 Å². The number of rotatable bonds is 5. The van der Waals surface area contributed by atoms with Crippen LogP contribution in [-0.4, -0.2) is 35.2 Å². The normalized spacial score (nSPS) is 11.2. The van der Waals surface area contributed by atoms with E-state index in [1.165, 1.54) is 7.11 Å². The topological polar surface area (TPSA) is 70.4 Å². The molecule has 0 unspecified atom stereocenters. The summed E-state index contributed by atoms with van der Waals surface area (Å²) in [5.74, 6) is -0.338. The summed E-state index contributed by atoms with van der Waals surface area (Å²) in [4.78, 5) is 27.8. The maximum atomic E-state index is 12.2. The van der Waals surface area contributed by atoms with E-state index in [0.717, 1.165) is 5.56 Å². The van der Waals surface area contributed by atoms with Crippen molar-refractivity contribution >= 4 is 23.6 Å². The molecule has 0 aliphatic heterocycles. The third kappa shape index (κ3) is 3.85. The number of nitrogens with zero attached hydrogens (tertiary/aromatic N) is 2. The molecule has 0 atom stereocenters. The van der Waals surface area contributed by atoms with E-state index in [2.05, 4.69) is 9.72 Å². The van der Waals surface area contributed by atoms with Crippen LogP contribution >= 0.6 is 0 Å². The summed E-state index contributed by atoms with van der Waals surface area (Å²) in [6, 6.07) is 6.74. The summed E-state index contributed by atoms with van der Waals surface area (Å²) < 4.78 is 11.5. The second kappa shape index (κ2) is 7.40. The number of methoxy groups -OCH3 is 1. The van der Waals surface area contributed by atoms with Crippen molar-refractivity contribution in [1.82, 2.24) is 9.55 Å². The maximum absolute atomic E-state index is 12.2. The minimum absolute atomic E-state index is 0.280. The van der Waals surface area contributed by atoms with Gasteiger partial charge in [0.1, 0.15) is 11.4 Å². The zero-order valence-electron chi connectivity index (χ0n) is 13.3. The summed E-state index contributed by atoms with van der Waals surface area (Å²) in [6.45, 7) is 2.03. The van der Waals surface area contributed by atoms with Gasteiger partial charge in [-0.2, -0.15) is 0 Å². The number of imidazole rings is 1. The van der Waals surface area contributed by atoms with Crippen molar-refractivity contribution in [2.45, 2.75) is 6.92 Å². The quantitative estimate of drug-likeness (QED) is 0.625. The van der Waals surface area contributed by atoms with Gasteiger partial charge in [0.15, 0.2) is 0 Å². The molecule has 0 N–H and O–H groups in total. The molecule has 0 saturated heterocycles. The number of benzene rings is 1. The Balaban J connectivity index is 2.39. The molecule has 0 spiro atoms. The van der Waals surface area contributed by atoms with Crippen molar-refractivity contribution in [2.24, 2.45) is 7.05 Å². The monoisotopic (exact) mass is 314 g/mol. The number of esters is 2. The van der Waals surface area contributed by atoms with Gasteiger partial charge < -0.3 is 14.0 Å². The van der Waals surface area contributed by atoms with Gasteiger partial charge in [-0.15, -0.1) is 0 Å². The van der Waals surface area contributed by atoms with Gasteiger partial charge in [0.05, 0.1) is 19.3 Å². The number of ether oxygens (including phenoxy) is 2. The Morgan fingerprint density at radius 2 is 1.96 bits per heavy atom. The van der Waals surface area contributed by atoms with Crippen molar-refractivity contribution in [2.75, 3.05) is 13.7 Å². The molecular weight excluding hydrogens is 296 g/mol. The summed E-state index contributed by atoms with van der Waals surface area (Å²) in [5, 5.41) is 0. The fraction of sp³-hybridized carbons (Fsp3) is 0.235. The van der Waals surface area contributed by atoms with Crippen LogP contribution in [0.1, 0.15) is 28.7 Å². The minimum Gasteiger partial charge on any atom is -0.465 e. The number of carbonyl (C=O) groups is 2. The van der Waals surface area contributed by atoms with Crippen LogP contribution in [0.25, 0.3) is 11.6 Å². The van der Waals surface area contributed by atoms with E-state index in [9.17, 15) is 9.59 Å². The van der Waals surface area contributed by atoms with Crippen LogP contribution in [0.5, 0.6) is 0 Å². The Labute approximate surface area is 134 Å². The molecule has 0 radical (unpaired) electrons. The van der Waals surface area contributed by atoms with Crippen molar-refractivity contribution in [3.63, 3.8) is 0 Å². The average molecular weight is 314 g/mol. The summed E-state index contributed by atoms with van der Waals surface area (Å²) >= 11 is 0. The van der Waals surface area contributed by atoms with E-state index in [0.29, 0.717) is 17.0 Å². The maximum Gasteiger partial charge on any atom is 0.341 e. The van der Waals surface area contributed by atoms with Crippen LogP contribution in [0.3, 0.4) is 0 Å². The number of aromatic nitrogens is 2. The second-order valence-corrected chi connectivity index (χ2v) is 4.75. The number of hydrogen-bond acceptors (Lipinski definition) is 5. The summed E-state index contributed by atoms with van der Waals surface area (Å²) in [6.07, 6.45) is 5.05. The molecule has 23 heavy (non-hydrogen) atoms. The first-order valence-corrected chi connectivity index (χ1v) is 7.11. The third-order valence-electron chi connectivity index (χ3n) is 3.20. The molecule has 1 aromatic carbocycles. The van der Waals surface area contributed by atoms with Crippen LogP contribution in [0, 0.1) is 0 Å². The molecule has 6 nitrogen and oxygen atoms in total.